The van der Waals surface area contributed by atoms with Crippen molar-refractivity contribution < 1.29 is 0 Å². The fourth-order valence-electron chi connectivity index (χ4n) is 1.60. The van der Waals surface area contributed by atoms with E-state index in [0.717, 1.165) is 11.1 Å². The number of rotatable bonds is 3. The molecule has 1 aromatic heterocycles. The number of hydrogen-bond acceptors (Lipinski definition) is 4. The minimum Gasteiger partial charge on any atom is -0.383 e. The monoisotopic (exact) mass is 194 g/mol. The van der Waals surface area contributed by atoms with Crippen LogP contribution in [-0.2, 0) is 0 Å². The van der Waals surface area contributed by atoms with Crippen LogP contribution in [0.4, 0.5) is 5.82 Å². The van der Waals surface area contributed by atoms with Crippen LogP contribution in [0.15, 0.2) is 12.3 Å². The molecule has 4 nitrogen and oxygen atoms in total. The summed E-state index contributed by atoms with van der Waals surface area (Å²) in [6.07, 6.45) is 1.71. The molecule has 1 rings (SSSR count). The van der Waals surface area contributed by atoms with Crippen LogP contribution in [0.2, 0.25) is 0 Å². The number of aryl methyl sites for hydroxylation is 1. The minimum atomic E-state index is 0.0590. The number of hydrazine groups is 1. The quantitative estimate of drug-likeness (QED) is 0.498. The highest BCUT2D eigenvalue weighted by Gasteiger charge is 2.19. The first-order valence-corrected chi connectivity index (χ1v) is 4.75. The zero-order valence-corrected chi connectivity index (χ0v) is 8.91. The summed E-state index contributed by atoms with van der Waals surface area (Å²) >= 11 is 0. The molecular weight excluding hydrogens is 176 g/mol. The van der Waals surface area contributed by atoms with Gasteiger partial charge in [-0.2, -0.15) is 0 Å². The number of anilines is 1. The second-order valence-corrected chi connectivity index (χ2v) is 3.82. The van der Waals surface area contributed by atoms with Crippen molar-refractivity contribution in [3.05, 3.63) is 23.4 Å². The standard InChI is InChI=1S/C10H18N4/c1-6(2)9(14-12)8-7(3)4-5-13-10(8)11/h4-6,9,14H,12H2,1-3H3,(H2,11,13). The lowest BCUT2D eigenvalue weighted by Crippen LogP contribution is -2.32. The highest BCUT2D eigenvalue weighted by Crippen LogP contribution is 2.27. The van der Waals surface area contributed by atoms with E-state index in [2.05, 4.69) is 24.3 Å². The highest BCUT2D eigenvalue weighted by molar-refractivity contribution is 5.46. The topological polar surface area (TPSA) is 77.0 Å². The SMILES string of the molecule is Cc1ccnc(N)c1C(NN)C(C)C. The van der Waals surface area contributed by atoms with Gasteiger partial charge in [0.05, 0.1) is 6.04 Å². The molecule has 1 aromatic rings. The molecule has 1 atom stereocenters. The normalized spacial score (nSPS) is 13.2. The molecule has 0 radical (unpaired) electrons. The third-order valence-corrected chi connectivity index (χ3v) is 2.40. The Labute approximate surface area is 84.7 Å². The first-order chi connectivity index (χ1) is 6.57. The van der Waals surface area contributed by atoms with Crippen molar-refractivity contribution >= 4 is 5.82 Å². The average Bonchev–Trinajstić information content (AvgIpc) is 2.10. The molecule has 0 amide bonds. The van der Waals surface area contributed by atoms with Gasteiger partial charge in [-0.3, -0.25) is 11.3 Å². The van der Waals surface area contributed by atoms with Crippen molar-refractivity contribution in [3.8, 4) is 0 Å². The van der Waals surface area contributed by atoms with Crippen molar-refractivity contribution in [3.63, 3.8) is 0 Å². The summed E-state index contributed by atoms with van der Waals surface area (Å²) in [5, 5.41) is 0. The maximum Gasteiger partial charge on any atom is 0.128 e. The van der Waals surface area contributed by atoms with Gasteiger partial charge in [0.2, 0.25) is 0 Å². The van der Waals surface area contributed by atoms with Gasteiger partial charge < -0.3 is 5.73 Å². The first-order valence-electron chi connectivity index (χ1n) is 4.75. The molecule has 0 aliphatic carbocycles. The van der Waals surface area contributed by atoms with E-state index < -0.39 is 0 Å². The molecule has 0 bridgehead atoms. The Balaban J connectivity index is 3.15. The van der Waals surface area contributed by atoms with Crippen LogP contribution in [0.3, 0.4) is 0 Å². The molecule has 0 saturated carbocycles. The summed E-state index contributed by atoms with van der Waals surface area (Å²) in [6.45, 7) is 6.20. The van der Waals surface area contributed by atoms with Crippen molar-refractivity contribution in [2.24, 2.45) is 11.8 Å². The van der Waals surface area contributed by atoms with Crippen LogP contribution in [0.1, 0.15) is 31.0 Å². The molecule has 0 saturated heterocycles. The summed E-state index contributed by atoms with van der Waals surface area (Å²) in [6, 6.07) is 2.00. The molecule has 78 valence electrons. The maximum atomic E-state index is 5.83. The number of pyridine rings is 1. The molecule has 1 unspecified atom stereocenters. The third kappa shape index (κ3) is 2.02. The molecule has 4 heteroatoms. The number of nitrogens with two attached hydrogens (primary N) is 2. The van der Waals surface area contributed by atoms with Crippen LogP contribution in [0.25, 0.3) is 0 Å². The lowest BCUT2D eigenvalue weighted by atomic mass is 9.94. The van der Waals surface area contributed by atoms with Crippen molar-refractivity contribution in [2.45, 2.75) is 26.8 Å². The van der Waals surface area contributed by atoms with Gasteiger partial charge in [-0.25, -0.2) is 4.98 Å². The predicted molar refractivity (Wildman–Crippen MR) is 58.3 cm³/mol. The largest absolute Gasteiger partial charge is 0.383 e. The van der Waals surface area contributed by atoms with E-state index in [4.69, 9.17) is 11.6 Å². The molecule has 0 aromatic carbocycles. The van der Waals surface area contributed by atoms with Crippen LogP contribution >= 0.6 is 0 Å². The second kappa shape index (κ2) is 4.39. The molecule has 5 N–H and O–H groups in total. The smallest absolute Gasteiger partial charge is 0.128 e. The van der Waals surface area contributed by atoms with Gasteiger partial charge in [-0.1, -0.05) is 13.8 Å². The number of hydrogen-bond donors (Lipinski definition) is 3. The highest BCUT2D eigenvalue weighted by atomic mass is 15.2. The van der Waals surface area contributed by atoms with Gasteiger partial charge >= 0.3 is 0 Å². The summed E-state index contributed by atoms with van der Waals surface area (Å²) in [5.41, 5.74) is 10.7. The minimum absolute atomic E-state index is 0.0590. The number of nitrogens with one attached hydrogen (secondary N) is 1. The average molecular weight is 194 g/mol. The third-order valence-electron chi connectivity index (χ3n) is 2.40. The van der Waals surface area contributed by atoms with Gasteiger partial charge in [0.25, 0.3) is 0 Å². The van der Waals surface area contributed by atoms with Crippen molar-refractivity contribution in [1.29, 1.82) is 0 Å². The number of nitrogens with zero attached hydrogens (tertiary/aromatic N) is 1. The van der Waals surface area contributed by atoms with Gasteiger partial charge in [0, 0.05) is 11.8 Å². The van der Waals surface area contributed by atoms with Crippen LogP contribution in [0, 0.1) is 12.8 Å². The van der Waals surface area contributed by atoms with E-state index in [-0.39, 0.29) is 6.04 Å². The van der Waals surface area contributed by atoms with E-state index in [1.54, 1.807) is 6.20 Å². The Morgan fingerprint density at radius 2 is 2.07 bits per heavy atom. The van der Waals surface area contributed by atoms with Gasteiger partial charge in [0.15, 0.2) is 0 Å². The summed E-state index contributed by atoms with van der Waals surface area (Å²) in [7, 11) is 0. The predicted octanol–water partition coefficient (Wildman–Crippen LogP) is 1.13. The Kier molecular flexibility index (Phi) is 3.43. The summed E-state index contributed by atoms with van der Waals surface area (Å²) in [4.78, 5) is 4.07. The Bertz CT molecular complexity index is 289. The molecule has 0 spiro atoms. The van der Waals surface area contributed by atoms with Crippen LogP contribution in [0.5, 0.6) is 0 Å². The van der Waals surface area contributed by atoms with Crippen LogP contribution < -0.4 is 17.0 Å². The molecule has 1 heterocycles. The molecular formula is C10H18N4. The van der Waals surface area contributed by atoms with Crippen molar-refractivity contribution in [1.82, 2.24) is 10.4 Å². The number of nitrogen functional groups attached to an aromatic ring is 1. The lowest BCUT2D eigenvalue weighted by molar-refractivity contribution is 0.420. The maximum absolute atomic E-state index is 5.83. The molecule has 14 heavy (non-hydrogen) atoms. The lowest BCUT2D eigenvalue weighted by Gasteiger charge is -2.22. The van der Waals surface area contributed by atoms with Gasteiger partial charge in [-0.15, -0.1) is 0 Å². The fourth-order valence-corrected chi connectivity index (χ4v) is 1.60. The Morgan fingerprint density at radius 3 is 2.50 bits per heavy atom. The Morgan fingerprint density at radius 1 is 1.43 bits per heavy atom. The van der Waals surface area contributed by atoms with E-state index in [0.29, 0.717) is 11.7 Å². The van der Waals surface area contributed by atoms with E-state index in [1.165, 1.54) is 0 Å². The van der Waals surface area contributed by atoms with Crippen LogP contribution in [-0.4, -0.2) is 4.98 Å². The summed E-state index contributed by atoms with van der Waals surface area (Å²) < 4.78 is 0. The van der Waals surface area contributed by atoms with E-state index in [1.807, 2.05) is 13.0 Å². The molecule has 0 fully saturated rings. The number of aromatic nitrogens is 1. The zero-order chi connectivity index (χ0) is 10.7. The zero-order valence-electron chi connectivity index (χ0n) is 8.91. The second-order valence-electron chi connectivity index (χ2n) is 3.82. The van der Waals surface area contributed by atoms with E-state index in [9.17, 15) is 0 Å². The van der Waals surface area contributed by atoms with E-state index >= 15 is 0 Å². The molecule has 0 aliphatic rings. The Hall–Kier alpha value is -1.13. The molecule has 0 aliphatic heterocycles. The van der Waals surface area contributed by atoms with Gasteiger partial charge in [-0.05, 0) is 24.5 Å². The van der Waals surface area contributed by atoms with Gasteiger partial charge in [0.1, 0.15) is 5.82 Å². The fraction of sp³-hybridized carbons (Fsp3) is 0.500. The first kappa shape index (κ1) is 10.9. The summed E-state index contributed by atoms with van der Waals surface area (Å²) in [5.74, 6) is 6.45. The van der Waals surface area contributed by atoms with Crippen molar-refractivity contribution in [2.75, 3.05) is 5.73 Å².